The first-order valence-electron chi connectivity index (χ1n) is 6.42. The Balaban J connectivity index is 1.82. The average molecular weight is 306 g/mol. The largest absolute Gasteiger partial charge is 0.454 e. The second-order valence-corrected chi connectivity index (χ2v) is 6.76. The average Bonchev–Trinajstić information content (AvgIpc) is 2.95. The van der Waals surface area contributed by atoms with Gasteiger partial charge in [-0.2, -0.15) is 0 Å². The smallest absolute Gasteiger partial charge is 0.231 e. The fourth-order valence-corrected chi connectivity index (χ4v) is 3.52. The molecule has 1 heterocycles. The molecule has 3 rings (SSSR count). The van der Waals surface area contributed by atoms with Crippen LogP contribution in [0, 0.1) is 0 Å². The predicted molar refractivity (Wildman–Crippen MR) is 76.0 cm³/mol. The number of ether oxygens (including phenoxy) is 2. The number of aliphatic hydroxyl groups excluding tert-OH is 1. The van der Waals surface area contributed by atoms with Crippen molar-refractivity contribution in [2.75, 3.05) is 12.5 Å². The van der Waals surface area contributed by atoms with Gasteiger partial charge in [0.15, 0.2) is 21.3 Å². The molecule has 21 heavy (non-hydrogen) atoms. The first-order chi connectivity index (χ1) is 10.1. The van der Waals surface area contributed by atoms with Crippen LogP contribution >= 0.6 is 0 Å². The minimum atomic E-state index is -3.54. The summed E-state index contributed by atoms with van der Waals surface area (Å²) in [7, 11) is -3.54. The number of sulfone groups is 1. The second kappa shape index (κ2) is 5.38. The highest BCUT2D eigenvalue weighted by Crippen LogP contribution is 2.34. The van der Waals surface area contributed by atoms with Crippen LogP contribution in [0.5, 0.6) is 11.5 Å². The van der Waals surface area contributed by atoms with Crippen molar-refractivity contribution in [3.63, 3.8) is 0 Å². The zero-order valence-electron chi connectivity index (χ0n) is 11.1. The third-order valence-corrected chi connectivity index (χ3v) is 5.01. The summed E-state index contributed by atoms with van der Waals surface area (Å²) in [6.07, 6.45) is -1.12. The molecule has 0 fully saturated rings. The van der Waals surface area contributed by atoms with Gasteiger partial charge in [0.2, 0.25) is 6.79 Å². The Labute approximate surface area is 122 Å². The summed E-state index contributed by atoms with van der Waals surface area (Å²) in [5, 5.41) is 10.2. The summed E-state index contributed by atoms with van der Waals surface area (Å²) in [6, 6.07) is 13.0. The summed E-state index contributed by atoms with van der Waals surface area (Å²) >= 11 is 0. The molecule has 0 spiro atoms. The zero-order valence-corrected chi connectivity index (χ0v) is 11.9. The van der Waals surface area contributed by atoms with Gasteiger partial charge >= 0.3 is 0 Å². The van der Waals surface area contributed by atoms with Crippen molar-refractivity contribution in [3.8, 4) is 11.5 Å². The van der Waals surface area contributed by atoms with E-state index in [1.807, 2.05) is 0 Å². The number of fused-ring (bicyclic) bond motifs is 1. The molecule has 2 aromatic carbocycles. The van der Waals surface area contributed by atoms with Gasteiger partial charge in [0, 0.05) is 0 Å². The maximum absolute atomic E-state index is 12.2. The minimum absolute atomic E-state index is 0.136. The molecule has 0 aliphatic carbocycles. The highest BCUT2D eigenvalue weighted by molar-refractivity contribution is 7.91. The summed E-state index contributed by atoms with van der Waals surface area (Å²) < 4.78 is 34.9. The number of aliphatic hydroxyl groups is 1. The molecule has 1 N–H and O–H groups in total. The molecule has 1 aliphatic heterocycles. The molecule has 1 atom stereocenters. The van der Waals surface area contributed by atoms with Gasteiger partial charge in [-0.3, -0.25) is 0 Å². The van der Waals surface area contributed by atoms with Crippen LogP contribution in [0.25, 0.3) is 0 Å². The molecule has 0 bridgehead atoms. The van der Waals surface area contributed by atoms with Crippen molar-refractivity contribution in [1.29, 1.82) is 0 Å². The van der Waals surface area contributed by atoms with Crippen LogP contribution < -0.4 is 9.47 Å². The molecule has 6 heteroatoms. The van der Waals surface area contributed by atoms with Gasteiger partial charge in [0.05, 0.1) is 16.8 Å². The zero-order chi connectivity index (χ0) is 14.9. The van der Waals surface area contributed by atoms with Crippen LogP contribution in [0.2, 0.25) is 0 Å². The number of benzene rings is 2. The van der Waals surface area contributed by atoms with Crippen molar-refractivity contribution in [2.45, 2.75) is 11.0 Å². The van der Waals surface area contributed by atoms with Crippen molar-refractivity contribution < 1.29 is 23.0 Å². The normalized spacial score (nSPS) is 14.9. The molecule has 110 valence electrons. The van der Waals surface area contributed by atoms with Crippen LogP contribution in [0.15, 0.2) is 53.4 Å². The highest BCUT2D eigenvalue weighted by atomic mass is 32.2. The Bertz CT molecular complexity index is 740. The van der Waals surface area contributed by atoms with Crippen molar-refractivity contribution in [2.24, 2.45) is 0 Å². The molecular formula is C15H14O5S. The third-order valence-electron chi connectivity index (χ3n) is 3.26. The van der Waals surface area contributed by atoms with Gasteiger partial charge in [0.1, 0.15) is 0 Å². The fraction of sp³-hybridized carbons (Fsp3) is 0.200. The van der Waals surface area contributed by atoms with E-state index in [2.05, 4.69) is 0 Å². The minimum Gasteiger partial charge on any atom is -0.454 e. The fourth-order valence-electron chi connectivity index (χ4n) is 2.15. The maximum atomic E-state index is 12.2. The van der Waals surface area contributed by atoms with Crippen molar-refractivity contribution >= 4 is 9.84 Å². The molecule has 2 aromatic rings. The quantitative estimate of drug-likeness (QED) is 0.934. The highest BCUT2D eigenvalue weighted by Gasteiger charge is 2.23. The molecule has 0 aromatic heterocycles. The lowest BCUT2D eigenvalue weighted by atomic mass is 10.1. The van der Waals surface area contributed by atoms with E-state index in [1.165, 1.54) is 12.1 Å². The number of hydrogen-bond donors (Lipinski definition) is 1. The van der Waals surface area contributed by atoms with E-state index >= 15 is 0 Å². The summed E-state index contributed by atoms with van der Waals surface area (Å²) in [5.74, 6) is 0.733. The summed E-state index contributed by atoms with van der Waals surface area (Å²) in [6.45, 7) is 0.136. The lowest BCUT2D eigenvalue weighted by molar-refractivity contribution is 0.173. The van der Waals surface area contributed by atoms with Crippen molar-refractivity contribution in [3.05, 3.63) is 54.1 Å². The van der Waals surface area contributed by atoms with E-state index < -0.39 is 15.9 Å². The molecule has 5 nitrogen and oxygen atoms in total. The molecule has 0 saturated carbocycles. The van der Waals surface area contributed by atoms with Crippen LogP contribution in [-0.4, -0.2) is 26.1 Å². The molecule has 1 aliphatic rings. The van der Waals surface area contributed by atoms with Crippen LogP contribution in [-0.2, 0) is 9.84 Å². The Kier molecular flexibility index (Phi) is 3.57. The molecule has 1 unspecified atom stereocenters. The lowest BCUT2D eigenvalue weighted by Gasteiger charge is -2.12. The van der Waals surface area contributed by atoms with Crippen molar-refractivity contribution in [1.82, 2.24) is 0 Å². The van der Waals surface area contributed by atoms with Gasteiger partial charge in [-0.05, 0) is 29.8 Å². The predicted octanol–water partition coefficient (Wildman–Crippen LogP) is 1.92. The topological polar surface area (TPSA) is 72.8 Å². The Morgan fingerprint density at radius 1 is 1.05 bits per heavy atom. The SMILES string of the molecule is O=S(=O)(CC(O)c1ccc2c(c1)OCO2)c1ccccc1. The Hall–Kier alpha value is -2.05. The van der Waals surface area contributed by atoms with E-state index in [0.717, 1.165) is 0 Å². The van der Waals surface area contributed by atoms with E-state index in [9.17, 15) is 13.5 Å². The summed E-state index contributed by atoms with van der Waals surface area (Å²) in [4.78, 5) is 0.199. The van der Waals surface area contributed by atoms with E-state index in [-0.39, 0.29) is 17.4 Å². The van der Waals surface area contributed by atoms with Gasteiger partial charge in [-0.1, -0.05) is 24.3 Å². The van der Waals surface area contributed by atoms with Gasteiger partial charge in [-0.25, -0.2) is 8.42 Å². The Morgan fingerprint density at radius 3 is 2.52 bits per heavy atom. The number of hydrogen-bond acceptors (Lipinski definition) is 5. The standard InChI is InChI=1S/C15H14O5S/c16-13(9-21(17,18)12-4-2-1-3-5-12)11-6-7-14-15(8-11)20-10-19-14/h1-8,13,16H,9-10H2. The van der Waals surface area contributed by atoms with E-state index in [0.29, 0.717) is 17.1 Å². The third kappa shape index (κ3) is 2.86. The molecule has 0 saturated heterocycles. The van der Waals surface area contributed by atoms with Crippen LogP contribution in [0.4, 0.5) is 0 Å². The molecular weight excluding hydrogens is 292 g/mol. The second-order valence-electron chi connectivity index (χ2n) is 4.72. The lowest BCUT2D eigenvalue weighted by Crippen LogP contribution is -2.14. The van der Waals surface area contributed by atoms with Crippen LogP contribution in [0.1, 0.15) is 11.7 Å². The number of rotatable bonds is 4. The van der Waals surface area contributed by atoms with E-state index in [1.54, 1.807) is 36.4 Å². The van der Waals surface area contributed by atoms with Gasteiger partial charge in [0.25, 0.3) is 0 Å². The molecule has 0 radical (unpaired) electrons. The maximum Gasteiger partial charge on any atom is 0.231 e. The molecule has 0 amide bonds. The van der Waals surface area contributed by atoms with Gasteiger partial charge in [-0.15, -0.1) is 0 Å². The summed E-state index contributed by atoms with van der Waals surface area (Å²) in [5.41, 5.74) is 0.485. The first kappa shape index (κ1) is 13.9. The van der Waals surface area contributed by atoms with E-state index in [4.69, 9.17) is 9.47 Å². The van der Waals surface area contributed by atoms with Crippen LogP contribution in [0.3, 0.4) is 0 Å². The monoisotopic (exact) mass is 306 g/mol. The first-order valence-corrected chi connectivity index (χ1v) is 8.07. The van der Waals surface area contributed by atoms with Gasteiger partial charge < -0.3 is 14.6 Å². The Morgan fingerprint density at radius 2 is 1.76 bits per heavy atom.